The van der Waals surface area contributed by atoms with Gasteiger partial charge in [0.15, 0.2) is 0 Å². The number of sulfonamides is 1. The smallest absolute Gasteiger partial charge is 0.218 e. The highest BCUT2D eigenvalue weighted by atomic mass is 32.2. The number of thiophene rings is 1. The average Bonchev–Trinajstić information content (AvgIpc) is 3.20. The van der Waals surface area contributed by atoms with Crippen molar-refractivity contribution in [1.82, 2.24) is 14.3 Å². The van der Waals surface area contributed by atoms with E-state index in [1.807, 2.05) is 41.7 Å². The Hall–Kier alpha value is -2.03. The van der Waals surface area contributed by atoms with Crippen molar-refractivity contribution in [2.24, 2.45) is 5.92 Å². The van der Waals surface area contributed by atoms with Gasteiger partial charge in [0.25, 0.3) is 0 Å². The van der Waals surface area contributed by atoms with Crippen molar-refractivity contribution in [2.45, 2.75) is 58.1 Å². The number of hydrogen-bond donors (Lipinski definition) is 0. The standard InChI is InChI=1S/C26H34N4O2S2/c1-4-19(3)24-27-25(23-21-11-10-18(2)16-22(21)33-26(23)28-24)29-12-14-30(15-13-29)34(31,32)17-20-8-6-5-7-9-20/h5-9,18-19H,4,10-17H2,1-3H3. The lowest BCUT2D eigenvalue weighted by molar-refractivity contribution is 0.383. The highest BCUT2D eigenvalue weighted by Crippen LogP contribution is 2.42. The van der Waals surface area contributed by atoms with Gasteiger partial charge in [-0.3, -0.25) is 0 Å². The lowest BCUT2D eigenvalue weighted by Gasteiger charge is -2.35. The van der Waals surface area contributed by atoms with Gasteiger partial charge in [-0.05, 0) is 42.7 Å². The van der Waals surface area contributed by atoms with Crippen LogP contribution in [0.4, 0.5) is 5.82 Å². The minimum atomic E-state index is -3.34. The maximum atomic E-state index is 13.1. The second kappa shape index (κ2) is 9.55. The van der Waals surface area contributed by atoms with Crippen LogP contribution < -0.4 is 4.90 Å². The van der Waals surface area contributed by atoms with Gasteiger partial charge < -0.3 is 4.90 Å². The van der Waals surface area contributed by atoms with Crippen molar-refractivity contribution >= 4 is 37.4 Å². The molecule has 0 amide bonds. The third kappa shape index (κ3) is 4.60. The maximum Gasteiger partial charge on any atom is 0.218 e. The van der Waals surface area contributed by atoms with Crippen LogP contribution in [-0.2, 0) is 28.6 Å². The summed E-state index contributed by atoms with van der Waals surface area (Å²) in [7, 11) is -3.34. The van der Waals surface area contributed by atoms with Crippen LogP contribution in [0.15, 0.2) is 30.3 Å². The van der Waals surface area contributed by atoms with Crippen LogP contribution in [0, 0.1) is 5.92 Å². The predicted molar refractivity (Wildman–Crippen MR) is 140 cm³/mol. The lowest BCUT2D eigenvalue weighted by Crippen LogP contribution is -2.49. The summed E-state index contributed by atoms with van der Waals surface area (Å²) in [5, 5.41) is 1.22. The summed E-state index contributed by atoms with van der Waals surface area (Å²) in [6.45, 7) is 8.98. The summed E-state index contributed by atoms with van der Waals surface area (Å²) in [6, 6.07) is 9.44. The molecular formula is C26H34N4O2S2. The van der Waals surface area contributed by atoms with Gasteiger partial charge in [0.2, 0.25) is 10.0 Å². The number of rotatable bonds is 6. The largest absolute Gasteiger partial charge is 0.353 e. The molecule has 1 aromatic carbocycles. The number of hydrogen-bond acceptors (Lipinski definition) is 6. The number of piperazine rings is 1. The Bertz CT molecular complexity index is 1260. The van der Waals surface area contributed by atoms with Crippen LogP contribution in [0.1, 0.15) is 61.4 Å². The van der Waals surface area contributed by atoms with Crippen LogP contribution in [-0.4, -0.2) is 48.9 Å². The number of anilines is 1. The van der Waals surface area contributed by atoms with Crippen molar-refractivity contribution in [1.29, 1.82) is 0 Å². The predicted octanol–water partition coefficient (Wildman–Crippen LogP) is 4.98. The summed E-state index contributed by atoms with van der Waals surface area (Å²) < 4.78 is 27.8. The summed E-state index contributed by atoms with van der Waals surface area (Å²) >= 11 is 1.85. The second-order valence-electron chi connectivity index (χ2n) is 9.87. The molecule has 3 aromatic rings. The molecule has 1 aliphatic heterocycles. The Kier molecular flexibility index (Phi) is 6.66. The number of aryl methyl sites for hydroxylation is 1. The molecule has 0 N–H and O–H groups in total. The molecule has 34 heavy (non-hydrogen) atoms. The topological polar surface area (TPSA) is 66.4 Å². The summed E-state index contributed by atoms with van der Waals surface area (Å²) in [6.07, 6.45) is 4.41. The molecule has 2 aliphatic rings. The molecule has 1 saturated heterocycles. The molecule has 2 atom stereocenters. The van der Waals surface area contributed by atoms with Crippen molar-refractivity contribution in [2.75, 3.05) is 31.1 Å². The van der Waals surface area contributed by atoms with E-state index in [0.29, 0.717) is 38.0 Å². The first-order chi connectivity index (χ1) is 16.4. The fourth-order valence-corrected chi connectivity index (χ4v) is 7.93. The Morgan fingerprint density at radius 1 is 1.12 bits per heavy atom. The molecule has 0 spiro atoms. The van der Waals surface area contributed by atoms with Gasteiger partial charge in [0, 0.05) is 37.0 Å². The van der Waals surface area contributed by atoms with Crippen LogP contribution in [0.2, 0.25) is 0 Å². The first-order valence-corrected chi connectivity index (χ1v) is 14.9. The molecule has 2 unspecified atom stereocenters. The van der Waals surface area contributed by atoms with E-state index in [4.69, 9.17) is 9.97 Å². The molecule has 5 rings (SSSR count). The first kappa shape index (κ1) is 23.7. The van der Waals surface area contributed by atoms with E-state index in [9.17, 15) is 8.42 Å². The fraction of sp³-hybridized carbons (Fsp3) is 0.538. The van der Waals surface area contributed by atoms with Crippen LogP contribution >= 0.6 is 11.3 Å². The second-order valence-corrected chi connectivity index (χ2v) is 12.9. The average molecular weight is 499 g/mol. The zero-order chi connectivity index (χ0) is 23.9. The normalized spacial score (nSPS) is 20.4. The minimum Gasteiger partial charge on any atom is -0.353 e. The van der Waals surface area contributed by atoms with E-state index in [-0.39, 0.29) is 5.75 Å². The first-order valence-electron chi connectivity index (χ1n) is 12.4. The molecular weight excluding hydrogens is 464 g/mol. The van der Waals surface area contributed by atoms with E-state index in [0.717, 1.165) is 41.3 Å². The van der Waals surface area contributed by atoms with Gasteiger partial charge in [0.05, 0.1) is 11.1 Å². The number of nitrogens with zero attached hydrogens (tertiary/aromatic N) is 4. The molecule has 2 aromatic heterocycles. The molecule has 1 aliphatic carbocycles. The summed E-state index contributed by atoms with van der Waals surface area (Å²) in [5.74, 6) is 3.00. The minimum absolute atomic E-state index is 0.0555. The third-order valence-electron chi connectivity index (χ3n) is 7.33. The molecule has 6 nitrogen and oxygen atoms in total. The number of aromatic nitrogens is 2. The molecule has 1 fully saturated rings. The van der Waals surface area contributed by atoms with Gasteiger partial charge in [-0.1, -0.05) is 51.1 Å². The Labute approximate surface area is 207 Å². The zero-order valence-corrected chi connectivity index (χ0v) is 22.0. The quantitative estimate of drug-likeness (QED) is 0.479. The van der Waals surface area contributed by atoms with E-state index >= 15 is 0 Å². The van der Waals surface area contributed by atoms with Gasteiger partial charge in [-0.2, -0.15) is 4.31 Å². The molecule has 0 saturated carbocycles. The van der Waals surface area contributed by atoms with Gasteiger partial charge >= 0.3 is 0 Å². The number of fused-ring (bicyclic) bond motifs is 3. The Morgan fingerprint density at radius 2 is 1.85 bits per heavy atom. The van der Waals surface area contributed by atoms with Crippen LogP contribution in [0.3, 0.4) is 0 Å². The maximum absolute atomic E-state index is 13.1. The highest BCUT2D eigenvalue weighted by molar-refractivity contribution is 7.88. The SMILES string of the molecule is CCC(C)c1nc(N2CCN(S(=O)(=O)Cc3ccccc3)CC2)c2c3c(sc2n1)CC(C)CC3. The van der Waals surface area contributed by atoms with Crippen molar-refractivity contribution < 1.29 is 8.42 Å². The van der Waals surface area contributed by atoms with E-state index in [1.54, 1.807) is 4.31 Å². The highest BCUT2D eigenvalue weighted by Gasteiger charge is 2.31. The van der Waals surface area contributed by atoms with E-state index in [2.05, 4.69) is 25.7 Å². The van der Waals surface area contributed by atoms with Gasteiger partial charge in [0.1, 0.15) is 16.5 Å². The number of benzene rings is 1. The Balaban J connectivity index is 1.43. The Morgan fingerprint density at radius 3 is 2.56 bits per heavy atom. The van der Waals surface area contributed by atoms with Gasteiger partial charge in [-0.25, -0.2) is 18.4 Å². The molecule has 0 bridgehead atoms. The lowest BCUT2D eigenvalue weighted by atomic mass is 9.89. The van der Waals surface area contributed by atoms with Crippen molar-refractivity contribution in [3.8, 4) is 0 Å². The van der Waals surface area contributed by atoms with Crippen molar-refractivity contribution in [3.05, 3.63) is 52.2 Å². The third-order valence-corrected chi connectivity index (χ3v) is 10.3. The molecule has 182 valence electrons. The zero-order valence-electron chi connectivity index (χ0n) is 20.3. The van der Waals surface area contributed by atoms with E-state index in [1.165, 1.54) is 22.2 Å². The van der Waals surface area contributed by atoms with Crippen molar-refractivity contribution in [3.63, 3.8) is 0 Å². The summed E-state index contributed by atoms with van der Waals surface area (Å²) in [4.78, 5) is 15.0. The van der Waals surface area contributed by atoms with Crippen LogP contribution in [0.25, 0.3) is 10.2 Å². The summed E-state index contributed by atoms with van der Waals surface area (Å²) in [5.41, 5.74) is 2.27. The molecule has 8 heteroatoms. The fourth-order valence-electron chi connectivity index (χ4n) is 5.03. The monoisotopic (exact) mass is 498 g/mol. The van der Waals surface area contributed by atoms with Crippen LogP contribution in [0.5, 0.6) is 0 Å². The molecule has 0 radical (unpaired) electrons. The molecule has 3 heterocycles. The van der Waals surface area contributed by atoms with E-state index < -0.39 is 10.0 Å². The van der Waals surface area contributed by atoms with Gasteiger partial charge in [-0.15, -0.1) is 11.3 Å².